The summed E-state index contributed by atoms with van der Waals surface area (Å²) in [5.74, 6) is 0.387. The molecule has 1 amide bonds. The summed E-state index contributed by atoms with van der Waals surface area (Å²) in [6, 6.07) is 6.87. The molecule has 2 aromatic rings. The number of hydrogen-bond donors (Lipinski definition) is 4. The lowest BCUT2D eigenvalue weighted by molar-refractivity contribution is -0.121. The second-order valence-corrected chi connectivity index (χ2v) is 6.65. The topological polar surface area (TPSA) is 148 Å². The first-order chi connectivity index (χ1) is 13.5. The Labute approximate surface area is 168 Å². The minimum absolute atomic E-state index is 0.121. The second-order valence-electron chi connectivity index (χ2n) is 6.21. The lowest BCUT2D eigenvalue weighted by Gasteiger charge is -2.12. The predicted molar refractivity (Wildman–Crippen MR) is 103 cm³/mol. The van der Waals surface area contributed by atoms with Crippen LogP contribution in [0.4, 0.5) is 0 Å². The first-order valence-corrected chi connectivity index (χ1v) is 9.34. The van der Waals surface area contributed by atoms with Crippen molar-refractivity contribution in [2.75, 3.05) is 6.61 Å². The Morgan fingerprint density at radius 1 is 1.32 bits per heavy atom. The summed E-state index contributed by atoms with van der Waals surface area (Å²) >= 11 is 5.84. The Hall–Kier alpha value is -2.05. The molecule has 0 bridgehead atoms. The molecular formula is C16H24BClN6O4. The van der Waals surface area contributed by atoms with Crippen molar-refractivity contribution in [2.24, 2.45) is 5.73 Å². The Morgan fingerprint density at radius 2 is 2.07 bits per heavy atom. The minimum Gasteiger partial charge on any atom is -0.402 e. The average molecular weight is 411 g/mol. The summed E-state index contributed by atoms with van der Waals surface area (Å²) in [7, 11) is -1.76. The van der Waals surface area contributed by atoms with Crippen LogP contribution in [0.15, 0.2) is 24.3 Å². The number of carbonyl (C=O) groups is 1. The third-order valence-electron chi connectivity index (χ3n) is 4.02. The van der Waals surface area contributed by atoms with E-state index < -0.39 is 7.32 Å². The van der Waals surface area contributed by atoms with Crippen LogP contribution in [-0.2, 0) is 22.5 Å². The maximum atomic E-state index is 12.1. The molecule has 1 heterocycles. The molecule has 0 radical (unpaired) electrons. The Bertz CT molecular complexity index is 730. The molecule has 5 N–H and O–H groups in total. The number of carbonyl (C=O) groups excluding carboxylic acids is 1. The van der Waals surface area contributed by atoms with Crippen molar-refractivity contribution in [1.29, 1.82) is 0 Å². The molecule has 1 aromatic carbocycles. The molecule has 0 aliphatic rings. The zero-order chi connectivity index (χ0) is 20.4. The monoisotopic (exact) mass is 410 g/mol. The number of unbranched alkanes of at least 4 members (excludes halogenated alkanes) is 1. The molecule has 1 unspecified atom stereocenters. The minimum atomic E-state index is -1.76. The van der Waals surface area contributed by atoms with Crippen LogP contribution in [0.5, 0.6) is 0 Å². The molecule has 152 valence electrons. The van der Waals surface area contributed by atoms with Crippen molar-refractivity contribution < 1.29 is 19.5 Å². The number of nitrogens with one attached hydrogen (secondary N) is 1. The zero-order valence-electron chi connectivity index (χ0n) is 15.4. The van der Waals surface area contributed by atoms with Crippen molar-refractivity contribution in [2.45, 2.75) is 44.8 Å². The van der Waals surface area contributed by atoms with E-state index in [2.05, 4.69) is 25.5 Å². The lowest BCUT2D eigenvalue weighted by atomic mass is 10.1. The van der Waals surface area contributed by atoms with Gasteiger partial charge in [0.25, 0.3) is 0 Å². The number of amides is 1. The molecule has 2 rings (SSSR count). The van der Waals surface area contributed by atoms with Crippen LogP contribution in [0, 0.1) is 0 Å². The molecular weight excluding hydrogens is 386 g/mol. The van der Waals surface area contributed by atoms with Gasteiger partial charge in [-0.05, 0) is 47.4 Å². The van der Waals surface area contributed by atoms with Crippen LogP contribution < -0.4 is 11.1 Å². The number of nitrogens with two attached hydrogens (primary N) is 1. The highest BCUT2D eigenvalue weighted by atomic mass is 35.5. The number of aromatic nitrogens is 4. The molecule has 0 saturated heterocycles. The van der Waals surface area contributed by atoms with E-state index in [1.165, 1.54) is 4.68 Å². The van der Waals surface area contributed by atoms with E-state index in [1.807, 2.05) is 12.1 Å². The van der Waals surface area contributed by atoms with Gasteiger partial charge in [0.2, 0.25) is 5.91 Å². The Balaban J connectivity index is 1.72. The van der Waals surface area contributed by atoms with E-state index in [4.69, 9.17) is 27.4 Å². The number of nitrogens with zero attached hydrogens (tertiary/aromatic N) is 4. The van der Waals surface area contributed by atoms with Gasteiger partial charge in [-0.25, -0.2) is 4.68 Å². The summed E-state index contributed by atoms with van der Waals surface area (Å²) in [5, 5.41) is 32.2. The molecule has 0 spiro atoms. The smallest absolute Gasteiger partial charge is 0.402 e. The zero-order valence-corrected chi connectivity index (χ0v) is 16.1. The first-order valence-electron chi connectivity index (χ1n) is 8.96. The molecule has 10 nitrogen and oxygen atoms in total. The standard InChI is InChI=1S/C16H24BClN6O4/c18-13-6-4-12(5-7-13)11-20-15(25)8-9-24-16(21-22-23-24)14(19)3-1-2-10-28-17(26)27/h4-7,14,26-27H,1-3,8-11,19H2,(H,20,25). The van der Waals surface area contributed by atoms with Gasteiger partial charge in [0.1, 0.15) is 0 Å². The van der Waals surface area contributed by atoms with Gasteiger partial charge >= 0.3 is 7.32 Å². The fourth-order valence-corrected chi connectivity index (χ4v) is 2.65. The summed E-state index contributed by atoms with van der Waals surface area (Å²) in [6.07, 6.45) is 2.16. The highest BCUT2D eigenvalue weighted by Gasteiger charge is 2.16. The third kappa shape index (κ3) is 7.91. The van der Waals surface area contributed by atoms with Crippen LogP contribution in [0.1, 0.15) is 43.1 Å². The van der Waals surface area contributed by atoms with Crippen LogP contribution in [0.3, 0.4) is 0 Å². The van der Waals surface area contributed by atoms with Crippen molar-refractivity contribution in [3.05, 3.63) is 40.7 Å². The van der Waals surface area contributed by atoms with E-state index >= 15 is 0 Å². The van der Waals surface area contributed by atoms with E-state index in [-0.39, 0.29) is 25.0 Å². The number of rotatable bonds is 12. The normalized spacial score (nSPS) is 12.0. The second kappa shape index (κ2) is 11.7. The first kappa shape index (κ1) is 22.2. The van der Waals surface area contributed by atoms with Crippen molar-refractivity contribution >= 4 is 24.8 Å². The highest BCUT2D eigenvalue weighted by molar-refractivity contribution is 6.32. The van der Waals surface area contributed by atoms with E-state index in [1.54, 1.807) is 12.1 Å². The Kier molecular flexibility index (Phi) is 9.31. The van der Waals surface area contributed by atoms with Crippen LogP contribution >= 0.6 is 11.6 Å². The van der Waals surface area contributed by atoms with Crippen molar-refractivity contribution in [1.82, 2.24) is 25.5 Å². The predicted octanol–water partition coefficient (Wildman–Crippen LogP) is 0.189. The number of benzene rings is 1. The number of aryl methyl sites for hydroxylation is 1. The van der Waals surface area contributed by atoms with Crippen molar-refractivity contribution in [3.8, 4) is 0 Å². The molecule has 12 heteroatoms. The molecule has 0 saturated carbocycles. The molecule has 0 aliphatic carbocycles. The van der Waals surface area contributed by atoms with Crippen LogP contribution in [-0.4, -0.2) is 50.1 Å². The van der Waals surface area contributed by atoms with Gasteiger partial charge in [-0.3, -0.25) is 4.79 Å². The summed E-state index contributed by atoms with van der Waals surface area (Å²) in [4.78, 5) is 12.1. The van der Waals surface area contributed by atoms with Gasteiger partial charge in [0, 0.05) is 24.6 Å². The molecule has 1 aromatic heterocycles. The lowest BCUT2D eigenvalue weighted by Crippen LogP contribution is -2.25. The van der Waals surface area contributed by atoms with Gasteiger partial charge in [-0.15, -0.1) is 5.10 Å². The van der Waals surface area contributed by atoms with Gasteiger partial charge in [-0.2, -0.15) is 0 Å². The Morgan fingerprint density at radius 3 is 2.79 bits per heavy atom. The van der Waals surface area contributed by atoms with Gasteiger partial charge in [-0.1, -0.05) is 23.7 Å². The summed E-state index contributed by atoms with van der Waals surface area (Å²) in [5.41, 5.74) is 7.08. The molecule has 0 aliphatic heterocycles. The number of tetrazole rings is 1. The average Bonchev–Trinajstić information content (AvgIpc) is 3.14. The maximum absolute atomic E-state index is 12.1. The van der Waals surface area contributed by atoms with Crippen molar-refractivity contribution in [3.63, 3.8) is 0 Å². The van der Waals surface area contributed by atoms with E-state index in [0.29, 0.717) is 43.2 Å². The number of halogens is 1. The largest absolute Gasteiger partial charge is 0.633 e. The molecule has 0 fully saturated rings. The van der Waals surface area contributed by atoms with Gasteiger partial charge in [0.05, 0.1) is 12.6 Å². The van der Waals surface area contributed by atoms with Gasteiger partial charge < -0.3 is 25.8 Å². The van der Waals surface area contributed by atoms with Gasteiger partial charge in [0.15, 0.2) is 5.82 Å². The SMILES string of the molecule is NC(CCCCOB(O)O)c1nnnn1CCC(=O)NCc1ccc(Cl)cc1. The summed E-state index contributed by atoms with van der Waals surface area (Å²) < 4.78 is 6.17. The maximum Gasteiger partial charge on any atom is 0.633 e. The van der Waals surface area contributed by atoms with Crippen LogP contribution in [0.2, 0.25) is 5.02 Å². The fourth-order valence-electron chi connectivity index (χ4n) is 2.52. The van der Waals surface area contributed by atoms with E-state index in [9.17, 15) is 4.79 Å². The van der Waals surface area contributed by atoms with E-state index in [0.717, 1.165) is 5.56 Å². The highest BCUT2D eigenvalue weighted by Crippen LogP contribution is 2.14. The third-order valence-corrected chi connectivity index (χ3v) is 4.27. The quantitative estimate of drug-likeness (QED) is 0.286. The number of hydrogen-bond acceptors (Lipinski definition) is 8. The molecule has 28 heavy (non-hydrogen) atoms. The summed E-state index contributed by atoms with van der Waals surface area (Å²) in [6.45, 7) is 0.966. The molecule has 1 atom stereocenters. The van der Waals surface area contributed by atoms with Crippen LogP contribution in [0.25, 0.3) is 0 Å². The fraction of sp³-hybridized carbons (Fsp3) is 0.500.